The average molecular weight is 342 g/mol. The van der Waals surface area contributed by atoms with Crippen molar-refractivity contribution in [3.8, 4) is 0 Å². The Morgan fingerprint density at radius 3 is 2.83 bits per heavy atom. The van der Waals surface area contributed by atoms with Crippen LogP contribution < -0.4 is 5.32 Å². The number of nitro benzene ring substituents is 1. The van der Waals surface area contributed by atoms with Gasteiger partial charge in [0, 0.05) is 11.0 Å². The molecule has 2 N–H and O–H groups in total. The fraction of sp³-hybridized carbons (Fsp3) is 0.125. The van der Waals surface area contributed by atoms with Crippen LogP contribution in [0.5, 0.6) is 0 Å². The summed E-state index contributed by atoms with van der Waals surface area (Å²) in [5, 5.41) is 13.8. The van der Waals surface area contributed by atoms with Crippen LogP contribution in [0.3, 0.4) is 0 Å². The number of hydrogen-bond donors (Lipinski definition) is 2. The van der Waals surface area contributed by atoms with Gasteiger partial charge in [-0.3, -0.25) is 14.9 Å². The maximum atomic E-state index is 12.4. The lowest BCUT2D eigenvalue weighted by atomic mass is 10.1. The third-order valence-electron chi connectivity index (χ3n) is 3.50. The summed E-state index contributed by atoms with van der Waals surface area (Å²) in [5.41, 5.74) is 1.51. The summed E-state index contributed by atoms with van der Waals surface area (Å²) in [5.74, 6) is 0.0891. The Labute approximate surface area is 141 Å². The number of aromatic nitrogens is 2. The van der Waals surface area contributed by atoms with Crippen molar-refractivity contribution in [3.05, 3.63) is 64.0 Å². The molecule has 7 nitrogen and oxygen atoms in total. The Morgan fingerprint density at radius 2 is 2.12 bits per heavy atom. The predicted octanol–water partition coefficient (Wildman–Crippen LogP) is 3.12. The van der Waals surface area contributed by atoms with Gasteiger partial charge in [0.2, 0.25) is 0 Å². The first-order chi connectivity index (χ1) is 11.6. The smallest absolute Gasteiger partial charge is 0.282 e. The number of H-pyrrole nitrogens is 1. The molecule has 0 spiro atoms. The summed E-state index contributed by atoms with van der Waals surface area (Å²) in [4.78, 5) is 31.2. The number of nitrogens with zero attached hydrogens (tertiary/aromatic N) is 2. The molecular formula is C16H14N4O3S. The van der Waals surface area contributed by atoms with E-state index in [0.717, 1.165) is 15.9 Å². The molecule has 0 saturated heterocycles. The molecule has 0 bridgehead atoms. The first kappa shape index (κ1) is 16.0. The minimum absolute atomic E-state index is 0.0444. The Balaban J connectivity index is 1.80. The molecule has 1 heterocycles. The van der Waals surface area contributed by atoms with Gasteiger partial charge >= 0.3 is 0 Å². The van der Waals surface area contributed by atoms with Gasteiger partial charge in [0.1, 0.15) is 11.4 Å². The fourth-order valence-corrected chi connectivity index (χ4v) is 2.77. The largest absolute Gasteiger partial charge is 0.345 e. The highest BCUT2D eigenvalue weighted by Crippen LogP contribution is 2.24. The van der Waals surface area contributed by atoms with E-state index in [9.17, 15) is 14.9 Å². The van der Waals surface area contributed by atoms with Crippen molar-refractivity contribution in [3.63, 3.8) is 0 Å². The number of para-hydroxylation sites is 2. The third kappa shape index (κ3) is 3.23. The molecule has 0 aliphatic heterocycles. The highest BCUT2D eigenvalue weighted by atomic mass is 32.2. The average Bonchev–Trinajstić information content (AvgIpc) is 3.01. The standard InChI is InChI=1S/C16H14N4O3S/c1-24-10-6-7-14(20(22)23)11(8-10)16(21)17-9-15-18-12-4-2-3-5-13(12)19-15/h2-8H,9H2,1H3,(H,17,21)(H,18,19). The maximum absolute atomic E-state index is 12.4. The number of aromatic amines is 1. The monoisotopic (exact) mass is 342 g/mol. The third-order valence-corrected chi connectivity index (χ3v) is 4.23. The topological polar surface area (TPSA) is 101 Å². The number of benzene rings is 2. The second-order valence-corrected chi connectivity index (χ2v) is 5.90. The van der Waals surface area contributed by atoms with Crippen molar-refractivity contribution in [2.75, 3.05) is 6.26 Å². The molecule has 0 unspecified atom stereocenters. The van der Waals surface area contributed by atoms with E-state index in [-0.39, 0.29) is 17.8 Å². The van der Waals surface area contributed by atoms with Crippen LogP contribution in [-0.2, 0) is 6.54 Å². The van der Waals surface area contributed by atoms with Crippen LogP contribution in [0.15, 0.2) is 47.4 Å². The number of carbonyl (C=O) groups excluding carboxylic acids is 1. The first-order valence-corrected chi connectivity index (χ1v) is 8.35. The quantitative estimate of drug-likeness (QED) is 0.421. The Bertz CT molecular complexity index is 890. The summed E-state index contributed by atoms with van der Waals surface area (Å²) in [6, 6.07) is 12.0. The van der Waals surface area contributed by atoms with Gasteiger partial charge in [0.25, 0.3) is 11.6 Å². The molecule has 0 atom stereocenters. The number of rotatable bonds is 5. The van der Waals surface area contributed by atoms with E-state index in [1.165, 1.54) is 23.9 Å². The maximum Gasteiger partial charge on any atom is 0.282 e. The van der Waals surface area contributed by atoms with Crippen LogP contribution in [0.25, 0.3) is 11.0 Å². The number of imidazole rings is 1. The lowest BCUT2D eigenvalue weighted by molar-refractivity contribution is -0.385. The van der Waals surface area contributed by atoms with Crippen LogP contribution >= 0.6 is 11.8 Å². The second-order valence-electron chi connectivity index (χ2n) is 5.02. The number of amides is 1. The van der Waals surface area contributed by atoms with Crippen LogP contribution in [0.1, 0.15) is 16.2 Å². The van der Waals surface area contributed by atoms with E-state index in [1.807, 2.05) is 30.5 Å². The minimum atomic E-state index is -0.555. The Kier molecular flexibility index (Phi) is 4.48. The summed E-state index contributed by atoms with van der Waals surface area (Å²) in [7, 11) is 0. The summed E-state index contributed by atoms with van der Waals surface area (Å²) in [6.07, 6.45) is 1.84. The molecule has 3 rings (SSSR count). The van der Waals surface area contributed by atoms with Gasteiger partial charge in [-0.15, -0.1) is 11.8 Å². The van der Waals surface area contributed by atoms with Gasteiger partial charge < -0.3 is 10.3 Å². The Hall–Kier alpha value is -2.87. The zero-order valence-corrected chi connectivity index (χ0v) is 13.6. The summed E-state index contributed by atoms with van der Waals surface area (Å²) < 4.78 is 0. The van der Waals surface area contributed by atoms with Crippen molar-refractivity contribution in [1.82, 2.24) is 15.3 Å². The fourth-order valence-electron chi connectivity index (χ4n) is 2.33. The molecular weight excluding hydrogens is 328 g/mol. The molecule has 1 amide bonds. The molecule has 0 fully saturated rings. The van der Waals surface area contributed by atoms with Gasteiger partial charge in [-0.05, 0) is 30.5 Å². The SMILES string of the molecule is CSc1ccc([N+](=O)[O-])c(C(=O)NCc2nc3ccccc3[nH]2)c1. The highest BCUT2D eigenvalue weighted by Gasteiger charge is 2.20. The summed E-state index contributed by atoms with van der Waals surface area (Å²) >= 11 is 1.42. The van der Waals surface area contributed by atoms with Crippen molar-refractivity contribution in [2.45, 2.75) is 11.4 Å². The van der Waals surface area contributed by atoms with Gasteiger partial charge in [-0.25, -0.2) is 4.98 Å². The number of nitrogens with one attached hydrogen (secondary N) is 2. The minimum Gasteiger partial charge on any atom is -0.345 e. The van der Waals surface area contributed by atoms with Crippen molar-refractivity contribution >= 4 is 34.4 Å². The van der Waals surface area contributed by atoms with Crippen molar-refractivity contribution < 1.29 is 9.72 Å². The molecule has 0 radical (unpaired) electrons. The number of carbonyl (C=O) groups is 1. The lowest BCUT2D eigenvalue weighted by Gasteiger charge is -2.06. The molecule has 122 valence electrons. The van der Waals surface area contributed by atoms with Gasteiger partial charge in [0.15, 0.2) is 0 Å². The van der Waals surface area contributed by atoms with E-state index in [1.54, 1.807) is 6.07 Å². The van der Waals surface area contributed by atoms with Gasteiger partial charge in [-0.2, -0.15) is 0 Å². The summed E-state index contributed by atoms with van der Waals surface area (Å²) in [6.45, 7) is 0.161. The van der Waals surface area contributed by atoms with Crippen LogP contribution in [0.2, 0.25) is 0 Å². The number of nitro groups is 1. The number of thioether (sulfide) groups is 1. The number of fused-ring (bicyclic) bond motifs is 1. The predicted molar refractivity (Wildman–Crippen MR) is 92.1 cm³/mol. The van der Waals surface area contributed by atoms with Crippen LogP contribution in [0.4, 0.5) is 5.69 Å². The van der Waals surface area contributed by atoms with Gasteiger partial charge in [0.05, 0.1) is 22.5 Å². The number of hydrogen-bond acceptors (Lipinski definition) is 5. The van der Waals surface area contributed by atoms with Gasteiger partial charge in [-0.1, -0.05) is 12.1 Å². The molecule has 24 heavy (non-hydrogen) atoms. The van der Waals surface area contributed by atoms with E-state index in [0.29, 0.717) is 5.82 Å². The molecule has 0 aliphatic carbocycles. The normalized spacial score (nSPS) is 10.7. The van der Waals surface area contributed by atoms with E-state index in [2.05, 4.69) is 15.3 Å². The molecule has 3 aromatic rings. The van der Waals surface area contributed by atoms with Crippen LogP contribution in [0, 0.1) is 10.1 Å². The molecule has 0 aliphatic rings. The lowest BCUT2D eigenvalue weighted by Crippen LogP contribution is -2.24. The highest BCUT2D eigenvalue weighted by molar-refractivity contribution is 7.98. The van der Waals surface area contributed by atoms with Crippen molar-refractivity contribution in [1.29, 1.82) is 0 Å². The first-order valence-electron chi connectivity index (χ1n) is 7.12. The van der Waals surface area contributed by atoms with Crippen molar-refractivity contribution in [2.24, 2.45) is 0 Å². The van der Waals surface area contributed by atoms with Crippen LogP contribution in [-0.4, -0.2) is 27.1 Å². The van der Waals surface area contributed by atoms with E-state index >= 15 is 0 Å². The molecule has 8 heteroatoms. The molecule has 1 aromatic heterocycles. The molecule has 0 saturated carbocycles. The molecule has 2 aromatic carbocycles. The van der Waals surface area contributed by atoms with E-state index in [4.69, 9.17) is 0 Å². The second kappa shape index (κ2) is 6.71. The Morgan fingerprint density at radius 1 is 1.33 bits per heavy atom. The van der Waals surface area contributed by atoms with E-state index < -0.39 is 10.8 Å². The zero-order chi connectivity index (χ0) is 17.1. The zero-order valence-electron chi connectivity index (χ0n) is 12.8.